The zero-order chi connectivity index (χ0) is 28.3. The standard InChI is InChI=1S/C22H14F10N6/c1-19(2,14-6-4-8-16(34-14)38-10-12(23)18(36-38)22(30,31)32)13-5-3-7-15(33-13)37-9-11(20(24,25)26)17(35-37)21(27,28)29/h3-10H,1-2H3. The number of alkyl halides is 9. The Morgan fingerprint density at radius 2 is 1.05 bits per heavy atom. The molecule has 0 N–H and O–H groups in total. The Morgan fingerprint density at radius 1 is 0.605 bits per heavy atom. The molecule has 0 bridgehead atoms. The van der Waals surface area contributed by atoms with Crippen LogP contribution in [0.5, 0.6) is 0 Å². The number of hydrogen-bond donors (Lipinski definition) is 0. The minimum atomic E-state index is -5.38. The fourth-order valence-electron chi connectivity index (χ4n) is 3.50. The molecule has 0 aromatic carbocycles. The Balaban J connectivity index is 1.74. The van der Waals surface area contributed by atoms with Crippen molar-refractivity contribution >= 4 is 0 Å². The van der Waals surface area contributed by atoms with E-state index in [2.05, 4.69) is 20.2 Å². The second-order valence-electron chi connectivity index (χ2n) is 8.49. The Bertz CT molecular complexity index is 1450. The van der Waals surface area contributed by atoms with Crippen molar-refractivity contribution in [2.24, 2.45) is 0 Å². The third kappa shape index (κ3) is 5.06. The molecule has 4 heterocycles. The highest BCUT2D eigenvalue weighted by Gasteiger charge is 2.46. The highest BCUT2D eigenvalue weighted by atomic mass is 19.4. The molecule has 0 saturated heterocycles. The van der Waals surface area contributed by atoms with Crippen molar-refractivity contribution in [3.05, 3.63) is 82.9 Å². The van der Waals surface area contributed by atoms with Gasteiger partial charge in [0.2, 0.25) is 5.69 Å². The van der Waals surface area contributed by atoms with E-state index in [1.165, 1.54) is 30.3 Å². The summed E-state index contributed by atoms with van der Waals surface area (Å²) >= 11 is 0. The van der Waals surface area contributed by atoms with Gasteiger partial charge in [0.15, 0.2) is 23.1 Å². The minimum absolute atomic E-state index is 0.125. The van der Waals surface area contributed by atoms with E-state index in [1.54, 1.807) is 13.8 Å². The molecule has 0 spiro atoms. The quantitative estimate of drug-likeness (QED) is 0.276. The Kier molecular flexibility index (Phi) is 6.27. The van der Waals surface area contributed by atoms with Gasteiger partial charge in [0.05, 0.1) is 17.6 Å². The van der Waals surface area contributed by atoms with Crippen molar-refractivity contribution in [1.82, 2.24) is 29.5 Å². The van der Waals surface area contributed by atoms with Crippen LogP contribution < -0.4 is 0 Å². The summed E-state index contributed by atoms with van der Waals surface area (Å²) in [6.07, 6.45) is -15.1. The highest BCUT2D eigenvalue weighted by Crippen LogP contribution is 2.40. The van der Waals surface area contributed by atoms with Crippen LogP contribution in [0.2, 0.25) is 0 Å². The monoisotopic (exact) mass is 552 g/mol. The van der Waals surface area contributed by atoms with E-state index in [1.807, 2.05) is 0 Å². The van der Waals surface area contributed by atoms with Crippen molar-refractivity contribution in [3.8, 4) is 11.6 Å². The van der Waals surface area contributed by atoms with Crippen LogP contribution in [0.4, 0.5) is 43.9 Å². The maximum absolute atomic E-state index is 13.8. The number of aromatic nitrogens is 6. The van der Waals surface area contributed by atoms with Crippen LogP contribution in [0.15, 0.2) is 48.8 Å². The lowest BCUT2D eigenvalue weighted by Crippen LogP contribution is -2.23. The summed E-state index contributed by atoms with van der Waals surface area (Å²) in [5.41, 5.74) is -6.74. The Labute approximate surface area is 206 Å². The van der Waals surface area contributed by atoms with Gasteiger partial charge in [-0.3, -0.25) is 0 Å². The molecular weight excluding hydrogens is 538 g/mol. The molecule has 4 aromatic heterocycles. The normalized spacial score (nSPS) is 13.3. The third-order valence-electron chi connectivity index (χ3n) is 5.45. The van der Waals surface area contributed by atoms with Crippen LogP contribution in [0, 0.1) is 5.82 Å². The van der Waals surface area contributed by atoms with Gasteiger partial charge in [-0.05, 0) is 38.1 Å². The molecule has 4 aromatic rings. The first-order valence-electron chi connectivity index (χ1n) is 10.4. The molecule has 202 valence electrons. The maximum Gasteiger partial charge on any atom is 0.438 e. The third-order valence-corrected chi connectivity index (χ3v) is 5.45. The summed E-state index contributed by atoms with van der Waals surface area (Å²) in [7, 11) is 0. The Morgan fingerprint density at radius 3 is 1.45 bits per heavy atom. The van der Waals surface area contributed by atoms with Gasteiger partial charge < -0.3 is 0 Å². The molecule has 6 nitrogen and oxygen atoms in total. The zero-order valence-electron chi connectivity index (χ0n) is 19.1. The van der Waals surface area contributed by atoms with Gasteiger partial charge in [-0.25, -0.2) is 23.7 Å². The predicted molar refractivity (Wildman–Crippen MR) is 110 cm³/mol. The molecule has 0 amide bonds. The van der Waals surface area contributed by atoms with E-state index >= 15 is 0 Å². The van der Waals surface area contributed by atoms with E-state index in [9.17, 15) is 43.9 Å². The summed E-state index contributed by atoms with van der Waals surface area (Å²) in [6.45, 7) is 3.11. The van der Waals surface area contributed by atoms with E-state index in [-0.39, 0.29) is 29.2 Å². The molecule has 0 fully saturated rings. The van der Waals surface area contributed by atoms with E-state index < -0.39 is 46.7 Å². The van der Waals surface area contributed by atoms with Gasteiger partial charge in [-0.1, -0.05) is 12.1 Å². The van der Waals surface area contributed by atoms with Crippen LogP contribution in [-0.4, -0.2) is 29.5 Å². The maximum atomic E-state index is 13.8. The summed E-state index contributed by atoms with van der Waals surface area (Å²) in [4.78, 5) is 8.38. The second-order valence-corrected chi connectivity index (χ2v) is 8.49. The van der Waals surface area contributed by atoms with Gasteiger partial charge in [0, 0.05) is 11.6 Å². The molecule has 0 aliphatic heterocycles. The van der Waals surface area contributed by atoms with Crippen LogP contribution in [0.1, 0.15) is 42.2 Å². The van der Waals surface area contributed by atoms with Gasteiger partial charge in [-0.2, -0.15) is 49.7 Å². The smallest absolute Gasteiger partial charge is 0.233 e. The Hall–Kier alpha value is -3.98. The van der Waals surface area contributed by atoms with E-state index in [0.717, 1.165) is 6.07 Å². The van der Waals surface area contributed by atoms with Crippen molar-refractivity contribution in [2.75, 3.05) is 0 Å². The fraction of sp³-hybridized carbons (Fsp3) is 0.273. The highest BCUT2D eigenvalue weighted by molar-refractivity contribution is 5.37. The lowest BCUT2D eigenvalue weighted by Gasteiger charge is -2.24. The largest absolute Gasteiger partial charge is 0.438 e. The van der Waals surface area contributed by atoms with Gasteiger partial charge in [-0.15, -0.1) is 0 Å². The molecule has 0 atom stereocenters. The summed E-state index contributed by atoms with van der Waals surface area (Å²) in [6, 6.07) is 8.00. The molecule has 4 rings (SSSR count). The average Bonchev–Trinajstić information content (AvgIpc) is 3.44. The SMILES string of the molecule is CC(C)(c1cccc(-n2cc(F)c(C(F)(F)F)n2)n1)c1cccc(-n2cc(C(F)(F)F)c(C(F)(F)F)n2)n1. The molecule has 0 aliphatic carbocycles. The molecular formula is C22H14F10N6. The first-order chi connectivity index (χ1) is 17.4. The minimum Gasteiger partial charge on any atom is -0.233 e. The van der Waals surface area contributed by atoms with Crippen LogP contribution in [0.25, 0.3) is 11.6 Å². The average molecular weight is 552 g/mol. The zero-order valence-corrected chi connectivity index (χ0v) is 19.1. The van der Waals surface area contributed by atoms with Crippen molar-refractivity contribution in [1.29, 1.82) is 0 Å². The fourth-order valence-corrected chi connectivity index (χ4v) is 3.50. The molecule has 0 radical (unpaired) electrons. The van der Waals surface area contributed by atoms with Gasteiger partial charge in [0.1, 0.15) is 5.56 Å². The summed E-state index contributed by atoms with van der Waals surface area (Å²) in [5.74, 6) is -2.16. The molecule has 0 saturated carbocycles. The van der Waals surface area contributed by atoms with Crippen LogP contribution in [0.3, 0.4) is 0 Å². The van der Waals surface area contributed by atoms with Gasteiger partial charge >= 0.3 is 18.5 Å². The summed E-state index contributed by atoms with van der Waals surface area (Å²) in [5, 5.41) is 6.25. The first kappa shape index (κ1) is 27.1. The van der Waals surface area contributed by atoms with Crippen molar-refractivity contribution in [3.63, 3.8) is 0 Å². The number of hydrogen-bond acceptors (Lipinski definition) is 4. The van der Waals surface area contributed by atoms with E-state index in [4.69, 9.17) is 0 Å². The second kappa shape index (κ2) is 8.80. The topological polar surface area (TPSA) is 61.4 Å². The molecule has 16 heteroatoms. The lowest BCUT2D eigenvalue weighted by molar-refractivity contribution is -0.163. The molecule has 38 heavy (non-hydrogen) atoms. The number of pyridine rings is 2. The van der Waals surface area contributed by atoms with Crippen LogP contribution >= 0.6 is 0 Å². The number of rotatable bonds is 4. The molecule has 0 aliphatic rings. The number of halogens is 10. The summed E-state index contributed by atoms with van der Waals surface area (Å²) < 4.78 is 133. The molecule has 0 unspecified atom stereocenters. The number of nitrogens with zero attached hydrogens (tertiary/aromatic N) is 6. The van der Waals surface area contributed by atoms with Crippen LogP contribution in [-0.2, 0) is 23.9 Å². The van der Waals surface area contributed by atoms with E-state index in [0.29, 0.717) is 15.6 Å². The van der Waals surface area contributed by atoms with Crippen molar-refractivity contribution in [2.45, 2.75) is 37.8 Å². The predicted octanol–water partition coefficient (Wildman–Crippen LogP) is 6.37. The van der Waals surface area contributed by atoms with Gasteiger partial charge in [0.25, 0.3) is 0 Å². The first-order valence-corrected chi connectivity index (χ1v) is 10.4. The van der Waals surface area contributed by atoms with Crippen molar-refractivity contribution < 1.29 is 43.9 Å². The lowest BCUT2D eigenvalue weighted by atomic mass is 9.84.